The van der Waals surface area contributed by atoms with E-state index >= 15 is 0 Å². The number of hydrogen-bond donors (Lipinski definition) is 2. The van der Waals surface area contributed by atoms with Gasteiger partial charge in [-0.05, 0) is 43.3 Å². The van der Waals surface area contributed by atoms with Gasteiger partial charge in [0.25, 0.3) is 11.5 Å². The van der Waals surface area contributed by atoms with Crippen molar-refractivity contribution in [2.75, 3.05) is 0 Å². The van der Waals surface area contributed by atoms with Crippen molar-refractivity contribution in [1.29, 1.82) is 0 Å². The predicted octanol–water partition coefficient (Wildman–Crippen LogP) is 3.39. The first-order chi connectivity index (χ1) is 14.1. The second-order valence-corrected chi connectivity index (χ2v) is 6.32. The van der Waals surface area contributed by atoms with E-state index in [1.807, 2.05) is 0 Å². The van der Waals surface area contributed by atoms with Crippen LogP contribution < -0.4 is 10.9 Å². The minimum atomic E-state index is -4.59. The Kier molecular flexibility index (Phi) is 5.50. The second-order valence-electron chi connectivity index (χ2n) is 6.32. The number of halogens is 3. The average molecular weight is 420 g/mol. The molecule has 0 aliphatic heterocycles. The zero-order chi connectivity index (χ0) is 22.1. The van der Waals surface area contributed by atoms with Gasteiger partial charge in [0.2, 0.25) is 0 Å². The second kappa shape index (κ2) is 7.90. The Morgan fingerprint density at radius 2 is 1.87 bits per heavy atom. The number of hydrogen-bond acceptors (Lipinski definition) is 4. The summed E-state index contributed by atoms with van der Waals surface area (Å²) in [5, 5.41) is 11.4. The molecule has 0 radical (unpaired) electrons. The molecule has 0 atom stereocenters. The lowest BCUT2D eigenvalue weighted by molar-refractivity contribution is -0.137. The number of nitrogens with one attached hydrogen (secondary N) is 1. The number of alkyl halides is 3. The molecule has 0 saturated heterocycles. The first kappa shape index (κ1) is 20.9. The maximum Gasteiger partial charge on any atom is 0.416 e. The van der Waals surface area contributed by atoms with Crippen LogP contribution in [0.25, 0.3) is 5.69 Å². The first-order valence-corrected chi connectivity index (χ1v) is 8.57. The maximum atomic E-state index is 13.0. The van der Waals surface area contributed by atoms with Crippen molar-refractivity contribution in [2.24, 2.45) is 0 Å². The van der Waals surface area contributed by atoms with Crippen LogP contribution in [0.3, 0.4) is 0 Å². The summed E-state index contributed by atoms with van der Waals surface area (Å²) < 4.78 is 45.1. The molecule has 0 aliphatic rings. The standard InChI is InChI=1S/C20H15F3N2O5/c1-11-5-6-15(17(26)24-10-16-14(19(28)29)7-8-30-16)18(27)25(11)13-4-2-3-12(9-13)20(21,22)23/h2-9H,10H2,1H3,(H,24,26)(H,28,29). The number of carbonyl (C=O) groups excluding carboxylic acids is 1. The van der Waals surface area contributed by atoms with Crippen LogP contribution in [0.4, 0.5) is 13.2 Å². The highest BCUT2D eigenvalue weighted by Gasteiger charge is 2.30. The number of aromatic carboxylic acids is 1. The molecule has 1 amide bonds. The van der Waals surface area contributed by atoms with Gasteiger partial charge in [-0.15, -0.1) is 0 Å². The molecule has 2 heterocycles. The third kappa shape index (κ3) is 4.12. The number of carboxylic acids is 1. The van der Waals surface area contributed by atoms with Gasteiger partial charge in [0.15, 0.2) is 0 Å². The van der Waals surface area contributed by atoms with Crippen LogP contribution >= 0.6 is 0 Å². The monoisotopic (exact) mass is 420 g/mol. The van der Waals surface area contributed by atoms with E-state index in [-0.39, 0.29) is 29.1 Å². The Morgan fingerprint density at radius 1 is 1.13 bits per heavy atom. The van der Waals surface area contributed by atoms with Crippen molar-refractivity contribution in [3.05, 3.63) is 87.2 Å². The summed E-state index contributed by atoms with van der Waals surface area (Å²) in [6.45, 7) is 1.23. The van der Waals surface area contributed by atoms with Gasteiger partial charge in [-0.3, -0.25) is 14.2 Å². The molecular weight excluding hydrogens is 405 g/mol. The largest absolute Gasteiger partial charge is 0.478 e. The highest BCUT2D eigenvalue weighted by molar-refractivity contribution is 5.94. The molecule has 0 aliphatic carbocycles. The van der Waals surface area contributed by atoms with Crippen LogP contribution in [-0.2, 0) is 12.7 Å². The van der Waals surface area contributed by atoms with E-state index in [1.165, 1.54) is 37.3 Å². The molecule has 0 unspecified atom stereocenters. The normalized spacial score (nSPS) is 11.3. The molecule has 7 nitrogen and oxygen atoms in total. The highest BCUT2D eigenvalue weighted by atomic mass is 19.4. The van der Waals surface area contributed by atoms with Gasteiger partial charge in [0.1, 0.15) is 16.9 Å². The third-order valence-corrected chi connectivity index (χ3v) is 4.34. The number of aromatic nitrogens is 1. The van der Waals surface area contributed by atoms with Crippen LogP contribution in [-0.4, -0.2) is 21.6 Å². The van der Waals surface area contributed by atoms with E-state index in [4.69, 9.17) is 9.52 Å². The number of pyridine rings is 1. The number of aryl methyl sites for hydroxylation is 1. The average Bonchev–Trinajstić information content (AvgIpc) is 3.15. The number of carbonyl (C=O) groups is 2. The highest BCUT2D eigenvalue weighted by Crippen LogP contribution is 2.30. The van der Waals surface area contributed by atoms with Crippen molar-refractivity contribution >= 4 is 11.9 Å². The minimum absolute atomic E-state index is 0.0128. The molecule has 2 N–H and O–H groups in total. The maximum absolute atomic E-state index is 13.0. The lowest BCUT2D eigenvalue weighted by Gasteiger charge is -2.14. The van der Waals surface area contributed by atoms with Gasteiger partial charge in [-0.25, -0.2) is 4.79 Å². The van der Waals surface area contributed by atoms with E-state index in [0.717, 1.165) is 23.0 Å². The number of amides is 1. The smallest absolute Gasteiger partial charge is 0.416 e. The molecule has 10 heteroatoms. The van der Waals surface area contributed by atoms with Gasteiger partial charge in [-0.2, -0.15) is 13.2 Å². The summed E-state index contributed by atoms with van der Waals surface area (Å²) in [5.74, 6) is -2.08. The van der Waals surface area contributed by atoms with Crippen molar-refractivity contribution in [1.82, 2.24) is 9.88 Å². The van der Waals surface area contributed by atoms with Crippen LogP contribution in [0, 0.1) is 6.92 Å². The lowest BCUT2D eigenvalue weighted by atomic mass is 10.1. The summed E-state index contributed by atoms with van der Waals surface area (Å²) in [6.07, 6.45) is -3.44. The Balaban J connectivity index is 1.93. The molecule has 0 fully saturated rings. The number of nitrogens with zero attached hydrogens (tertiary/aromatic N) is 1. The first-order valence-electron chi connectivity index (χ1n) is 8.57. The summed E-state index contributed by atoms with van der Waals surface area (Å²) in [4.78, 5) is 36.4. The summed E-state index contributed by atoms with van der Waals surface area (Å²) in [7, 11) is 0. The van der Waals surface area contributed by atoms with Crippen molar-refractivity contribution < 1.29 is 32.3 Å². The van der Waals surface area contributed by atoms with E-state index in [0.29, 0.717) is 5.69 Å². The zero-order valence-corrected chi connectivity index (χ0v) is 15.5. The summed E-state index contributed by atoms with van der Waals surface area (Å²) in [5.41, 5.74) is -1.91. The van der Waals surface area contributed by atoms with Gasteiger partial charge >= 0.3 is 12.1 Å². The third-order valence-electron chi connectivity index (χ3n) is 4.34. The van der Waals surface area contributed by atoms with E-state index in [2.05, 4.69) is 5.32 Å². The fourth-order valence-corrected chi connectivity index (χ4v) is 2.87. The summed E-state index contributed by atoms with van der Waals surface area (Å²) in [6, 6.07) is 8.08. The molecule has 3 aromatic rings. The molecule has 2 aromatic heterocycles. The molecule has 156 valence electrons. The van der Waals surface area contributed by atoms with Gasteiger partial charge < -0.3 is 14.8 Å². The van der Waals surface area contributed by atoms with Crippen LogP contribution in [0.15, 0.2) is 57.9 Å². The van der Waals surface area contributed by atoms with Crippen molar-refractivity contribution in [3.8, 4) is 5.69 Å². The van der Waals surface area contributed by atoms with E-state index in [9.17, 15) is 27.6 Å². The minimum Gasteiger partial charge on any atom is -0.478 e. The fraction of sp³-hybridized carbons (Fsp3) is 0.150. The Bertz CT molecular complexity index is 1180. The topological polar surface area (TPSA) is 102 Å². The zero-order valence-electron chi connectivity index (χ0n) is 15.5. The number of furan rings is 1. The van der Waals surface area contributed by atoms with E-state index < -0.39 is 29.2 Å². The fourth-order valence-electron chi connectivity index (χ4n) is 2.87. The molecule has 1 aromatic carbocycles. The predicted molar refractivity (Wildman–Crippen MR) is 98.6 cm³/mol. The Labute approximate surface area is 167 Å². The SMILES string of the molecule is Cc1ccc(C(=O)NCc2occc2C(=O)O)c(=O)n1-c1cccc(C(F)(F)F)c1. The molecule has 3 rings (SSSR count). The van der Waals surface area contributed by atoms with Gasteiger partial charge in [0, 0.05) is 11.4 Å². The Morgan fingerprint density at radius 3 is 2.53 bits per heavy atom. The van der Waals surface area contributed by atoms with E-state index in [1.54, 1.807) is 0 Å². The quantitative estimate of drug-likeness (QED) is 0.659. The Hall–Kier alpha value is -3.82. The van der Waals surface area contributed by atoms with Crippen LogP contribution in [0.2, 0.25) is 0 Å². The lowest BCUT2D eigenvalue weighted by Crippen LogP contribution is -2.33. The molecule has 30 heavy (non-hydrogen) atoms. The number of benzene rings is 1. The molecule has 0 bridgehead atoms. The van der Waals surface area contributed by atoms with Crippen LogP contribution in [0.1, 0.15) is 37.7 Å². The van der Waals surface area contributed by atoms with Gasteiger partial charge in [0.05, 0.1) is 18.4 Å². The van der Waals surface area contributed by atoms with Crippen molar-refractivity contribution in [3.63, 3.8) is 0 Å². The summed E-state index contributed by atoms with van der Waals surface area (Å²) >= 11 is 0. The van der Waals surface area contributed by atoms with Crippen LogP contribution in [0.5, 0.6) is 0 Å². The molecule has 0 saturated carbocycles. The van der Waals surface area contributed by atoms with Gasteiger partial charge in [-0.1, -0.05) is 6.07 Å². The number of carboxylic acid groups (broad SMARTS) is 1. The molecule has 0 spiro atoms. The molecular formula is C20H15F3N2O5. The number of rotatable bonds is 5. The van der Waals surface area contributed by atoms with Crippen molar-refractivity contribution in [2.45, 2.75) is 19.6 Å².